The first-order chi connectivity index (χ1) is 28.1. The molecule has 4 aliphatic heterocycles. The van der Waals surface area contributed by atoms with Gasteiger partial charge in [0.25, 0.3) is 5.79 Å². The number of aliphatic carboxylic acids is 1. The van der Waals surface area contributed by atoms with Crippen LogP contribution in [-0.4, -0.2) is 245 Å². The van der Waals surface area contributed by atoms with Gasteiger partial charge in [-0.3, -0.25) is 14.4 Å². The van der Waals surface area contributed by atoms with Gasteiger partial charge in [-0.15, -0.1) is 0 Å². The molecular weight excluding hydrogens is 822 g/mol. The number of carboxylic acids is 1. The van der Waals surface area contributed by atoms with Gasteiger partial charge >= 0.3 is 5.97 Å². The highest BCUT2D eigenvalue weighted by atomic mass is 16.8. The van der Waals surface area contributed by atoms with Crippen molar-refractivity contribution in [3.8, 4) is 0 Å². The summed E-state index contributed by atoms with van der Waals surface area (Å²) in [6.07, 6.45) is -34.0. The van der Waals surface area contributed by atoms with E-state index in [4.69, 9.17) is 33.2 Å². The molecule has 0 unspecified atom stereocenters. The van der Waals surface area contributed by atoms with Crippen LogP contribution in [0.2, 0.25) is 0 Å². The number of hydrogen-bond donors (Lipinski definition) is 16. The molecule has 4 saturated heterocycles. The van der Waals surface area contributed by atoms with Gasteiger partial charge in [0.15, 0.2) is 18.9 Å². The first kappa shape index (κ1) is 49.8. The standard InChI is InChI=1S/C33H55N3O24/c1-9(41)34-17-12(44)4-33(32(52)53,59-27(17)20(46)13(45)5-37)60-28-22(48)15(7-39)55-31(24(28)50)57-25-16(8-40)56-30(18(23(25)49)35-10(2)42)58-26-19(36-11(3)43)29(51)54-14(6-38)21(26)47/h12-31,37-40,44-51H,4-8H2,1-3H3,(H,34,41)(H,35,42)(H,36,43)(H,52,53)/t12-,13+,14+,15+,16+,17+,18+,19+,20+,21-,22-,23+,24+,25+,26+,27+,28-,29-,30-,31-,33-/m0/s1. The third-order valence-electron chi connectivity index (χ3n) is 10.4. The van der Waals surface area contributed by atoms with E-state index in [9.17, 15) is 85.6 Å². The van der Waals surface area contributed by atoms with Crippen LogP contribution < -0.4 is 16.0 Å². The molecule has 0 aromatic heterocycles. The van der Waals surface area contributed by atoms with Crippen LogP contribution in [-0.2, 0) is 52.3 Å². The second-order valence-corrected chi connectivity index (χ2v) is 14.8. The number of ether oxygens (including phenoxy) is 7. The van der Waals surface area contributed by atoms with E-state index in [1.807, 2.05) is 0 Å². The van der Waals surface area contributed by atoms with E-state index in [1.54, 1.807) is 0 Å². The highest BCUT2D eigenvalue weighted by molar-refractivity contribution is 5.77. The van der Waals surface area contributed by atoms with Crippen molar-refractivity contribution in [2.75, 3.05) is 26.4 Å². The highest BCUT2D eigenvalue weighted by Crippen LogP contribution is 2.39. The Kier molecular flexibility index (Phi) is 17.4. The number of carbonyl (C=O) groups excluding carboxylic acids is 3. The topological polar surface area (TPSA) is 432 Å². The lowest BCUT2D eigenvalue weighted by molar-refractivity contribution is -0.385. The van der Waals surface area contributed by atoms with Crippen LogP contribution >= 0.6 is 0 Å². The molecule has 3 amide bonds. The molecule has 60 heavy (non-hydrogen) atoms. The zero-order chi connectivity index (χ0) is 45.0. The first-order valence-electron chi connectivity index (χ1n) is 18.7. The Bertz CT molecular complexity index is 1470. The third-order valence-corrected chi connectivity index (χ3v) is 10.4. The minimum atomic E-state index is -3.13. The first-order valence-corrected chi connectivity index (χ1v) is 18.7. The Balaban J connectivity index is 1.65. The maximum Gasteiger partial charge on any atom is 0.364 e. The van der Waals surface area contributed by atoms with Crippen molar-refractivity contribution in [1.82, 2.24) is 16.0 Å². The average Bonchev–Trinajstić information content (AvgIpc) is 3.18. The van der Waals surface area contributed by atoms with Gasteiger partial charge in [-0.1, -0.05) is 0 Å². The number of nitrogens with one attached hydrogen (secondary N) is 3. The van der Waals surface area contributed by atoms with Crippen LogP contribution in [0.25, 0.3) is 0 Å². The van der Waals surface area contributed by atoms with Crippen molar-refractivity contribution in [2.45, 2.75) is 155 Å². The summed E-state index contributed by atoms with van der Waals surface area (Å²) in [6.45, 7) is -0.921. The molecule has 0 aliphatic carbocycles. The summed E-state index contributed by atoms with van der Waals surface area (Å²) in [6, 6.07) is -4.84. The lowest BCUT2D eigenvalue weighted by Gasteiger charge is -2.51. The summed E-state index contributed by atoms with van der Waals surface area (Å²) >= 11 is 0. The molecule has 0 spiro atoms. The van der Waals surface area contributed by atoms with Crippen LogP contribution in [0.1, 0.15) is 27.2 Å². The van der Waals surface area contributed by atoms with Gasteiger partial charge < -0.3 is 115 Å². The Morgan fingerprint density at radius 2 is 1.15 bits per heavy atom. The second kappa shape index (κ2) is 21.0. The van der Waals surface area contributed by atoms with Crippen LogP contribution in [0.5, 0.6) is 0 Å². The molecule has 27 heteroatoms. The fourth-order valence-electron chi connectivity index (χ4n) is 7.46. The Hall–Kier alpha value is -2.88. The number of hydrogen-bond acceptors (Lipinski definition) is 23. The van der Waals surface area contributed by atoms with Gasteiger partial charge in [0.1, 0.15) is 91.4 Å². The van der Waals surface area contributed by atoms with E-state index < -0.39 is 185 Å². The van der Waals surface area contributed by atoms with Crippen molar-refractivity contribution in [3.05, 3.63) is 0 Å². The molecule has 346 valence electrons. The molecule has 27 nitrogen and oxygen atoms in total. The molecule has 0 radical (unpaired) electrons. The summed E-state index contributed by atoms with van der Waals surface area (Å²) in [7, 11) is 0. The average molecular weight is 878 g/mol. The summed E-state index contributed by atoms with van der Waals surface area (Å²) in [5, 5.41) is 145. The van der Waals surface area contributed by atoms with Crippen molar-refractivity contribution >= 4 is 23.7 Å². The maximum absolute atomic E-state index is 12.9. The van der Waals surface area contributed by atoms with Gasteiger partial charge in [0.2, 0.25) is 17.7 Å². The normalized spacial score (nSPS) is 43.3. The predicted molar refractivity (Wildman–Crippen MR) is 186 cm³/mol. The SMILES string of the molecule is CC(=O)N[C@@H]1[C@@H](O[C@@H]2O[C@H](CO)[C@@H](O[C@@H]3O[C@H](CO)[C@H](O)[C@H](O[C@]4(C(=O)O)C[C@H](O)[C@@H](NC(C)=O)[C@H]([C@H](O)[C@H](O)CO)O4)[C@H]3O)[C@H](O)[C@H]2NC(C)=O)[C@@H](O)[C@@H](CO)O[C@@H]1O. The maximum atomic E-state index is 12.9. The van der Waals surface area contributed by atoms with E-state index in [0.717, 1.165) is 20.8 Å². The number of aliphatic hydroxyl groups is 12. The second-order valence-electron chi connectivity index (χ2n) is 14.8. The molecule has 4 fully saturated rings. The summed E-state index contributed by atoms with van der Waals surface area (Å²) in [5.74, 6) is -7.48. The lowest BCUT2D eigenvalue weighted by Crippen LogP contribution is -2.71. The quantitative estimate of drug-likeness (QED) is 0.0684. The molecule has 4 heterocycles. The number of carbonyl (C=O) groups is 4. The predicted octanol–water partition coefficient (Wildman–Crippen LogP) is -10.1. The number of aliphatic hydroxyl groups excluding tert-OH is 12. The van der Waals surface area contributed by atoms with Crippen LogP contribution in [0, 0.1) is 0 Å². The number of rotatable bonds is 16. The van der Waals surface area contributed by atoms with Crippen molar-refractivity contribution in [1.29, 1.82) is 0 Å². The smallest absolute Gasteiger partial charge is 0.364 e. The minimum absolute atomic E-state index is 0.720. The summed E-state index contributed by atoms with van der Waals surface area (Å²) < 4.78 is 39.5. The molecule has 0 bridgehead atoms. The van der Waals surface area contributed by atoms with Crippen molar-refractivity contribution in [2.24, 2.45) is 0 Å². The van der Waals surface area contributed by atoms with Gasteiger partial charge in [-0.25, -0.2) is 4.79 Å². The monoisotopic (exact) mass is 877 g/mol. The van der Waals surface area contributed by atoms with Gasteiger partial charge in [-0.2, -0.15) is 0 Å². The molecule has 16 N–H and O–H groups in total. The van der Waals surface area contributed by atoms with Gasteiger partial charge in [-0.05, 0) is 0 Å². The molecule has 4 rings (SSSR count). The fraction of sp³-hybridized carbons (Fsp3) is 0.879. The van der Waals surface area contributed by atoms with Gasteiger partial charge in [0, 0.05) is 27.2 Å². The molecular formula is C33H55N3O24. The third kappa shape index (κ3) is 10.8. The zero-order valence-electron chi connectivity index (χ0n) is 32.4. The Morgan fingerprint density at radius 3 is 1.68 bits per heavy atom. The zero-order valence-corrected chi connectivity index (χ0v) is 32.4. The number of carboxylic acid groups (broad SMARTS) is 1. The highest BCUT2D eigenvalue weighted by Gasteiger charge is 2.60. The largest absolute Gasteiger partial charge is 0.477 e. The van der Waals surface area contributed by atoms with Crippen LogP contribution in [0.4, 0.5) is 0 Å². The fourth-order valence-corrected chi connectivity index (χ4v) is 7.46. The molecule has 0 aromatic carbocycles. The molecule has 21 atom stereocenters. The van der Waals surface area contributed by atoms with E-state index in [0.29, 0.717) is 0 Å². The van der Waals surface area contributed by atoms with Crippen LogP contribution in [0.15, 0.2) is 0 Å². The van der Waals surface area contributed by atoms with E-state index >= 15 is 0 Å². The van der Waals surface area contributed by atoms with E-state index in [-0.39, 0.29) is 0 Å². The van der Waals surface area contributed by atoms with E-state index in [2.05, 4.69) is 16.0 Å². The Labute approximate surface area is 340 Å². The molecule has 0 saturated carbocycles. The van der Waals surface area contributed by atoms with Crippen LogP contribution in [0.3, 0.4) is 0 Å². The minimum Gasteiger partial charge on any atom is -0.477 e. The summed E-state index contributed by atoms with van der Waals surface area (Å²) in [4.78, 5) is 49.1. The Morgan fingerprint density at radius 1 is 0.650 bits per heavy atom. The molecule has 4 aliphatic rings. The van der Waals surface area contributed by atoms with Crippen molar-refractivity contribution < 1.29 is 119 Å². The van der Waals surface area contributed by atoms with Gasteiger partial charge in [0.05, 0.1) is 38.6 Å². The summed E-state index contributed by atoms with van der Waals surface area (Å²) in [5.41, 5.74) is 0. The molecule has 0 aromatic rings. The van der Waals surface area contributed by atoms with Crippen molar-refractivity contribution in [3.63, 3.8) is 0 Å². The number of amides is 3. The van der Waals surface area contributed by atoms with E-state index in [1.165, 1.54) is 0 Å². The lowest BCUT2D eigenvalue weighted by atomic mass is 9.88.